The third kappa shape index (κ3) is 2.59. The molecule has 104 valence electrons. The van der Waals surface area contributed by atoms with E-state index in [-0.39, 0.29) is 17.5 Å². The quantitative estimate of drug-likeness (QED) is 0.733. The first-order valence-corrected chi connectivity index (χ1v) is 6.56. The Morgan fingerprint density at radius 1 is 1.42 bits per heavy atom. The van der Waals surface area contributed by atoms with Gasteiger partial charge in [0.1, 0.15) is 0 Å². The summed E-state index contributed by atoms with van der Waals surface area (Å²) in [7, 11) is 0. The second kappa shape index (κ2) is 5.38. The van der Waals surface area contributed by atoms with E-state index >= 15 is 0 Å². The van der Waals surface area contributed by atoms with Crippen molar-refractivity contribution >= 4 is 6.09 Å². The number of benzene rings is 1. The fraction of sp³-hybridized carbons (Fsp3) is 0.500. The Morgan fingerprint density at radius 3 is 2.79 bits per heavy atom. The number of nitrogens with zero attached hydrogens (tertiary/aromatic N) is 1. The van der Waals surface area contributed by atoms with Crippen molar-refractivity contribution in [2.75, 3.05) is 6.54 Å². The van der Waals surface area contributed by atoms with Gasteiger partial charge in [-0.1, -0.05) is 13.0 Å². The lowest BCUT2D eigenvalue weighted by Gasteiger charge is -2.33. The molecular formula is C14H19NO4. The fourth-order valence-electron chi connectivity index (χ4n) is 2.74. The van der Waals surface area contributed by atoms with Crippen molar-refractivity contribution < 1.29 is 20.1 Å². The highest BCUT2D eigenvalue weighted by Gasteiger charge is 2.28. The van der Waals surface area contributed by atoms with E-state index < -0.39 is 6.09 Å². The van der Waals surface area contributed by atoms with Crippen molar-refractivity contribution in [3.8, 4) is 11.5 Å². The van der Waals surface area contributed by atoms with E-state index in [9.17, 15) is 20.1 Å². The molecule has 0 fully saturated rings. The summed E-state index contributed by atoms with van der Waals surface area (Å²) in [5, 5.41) is 28.5. The van der Waals surface area contributed by atoms with Crippen molar-refractivity contribution in [1.82, 2.24) is 4.90 Å². The standard InChI is InChI=1S/C14H19NO4/c1-2-7-15(14(18)19)10-4-5-11-9(8-10)3-6-12(16)13(11)17/h3,6,10,16-17H,2,4-5,7-8H2,1H3,(H,18,19). The summed E-state index contributed by atoms with van der Waals surface area (Å²) in [5.41, 5.74) is 1.67. The molecule has 0 saturated heterocycles. The normalized spacial score (nSPS) is 17.8. The molecule has 0 heterocycles. The van der Waals surface area contributed by atoms with Gasteiger partial charge in [0.25, 0.3) is 0 Å². The Hall–Kier alpha value is -1.91. The van der Waals surface area contributed by atoms with Gasteiger partial charge in [0, 0.05) is 18.2 Å². The summed E-state index contributed by atoms with van der Waals surface area (Å²) in [6.07, 6.45) is 1.76. The fourth-order valence-corrected chi connectivity index (χ4v) is 2.74. The molecule has 19 heavy (non-hydrogen) atoms. The smallest absolute Gasteiger partial charge is 0.407 e. The summed E-state index contributed by atoms with van der Waals surface area (Å²) >= 11 is 0. The van der Waals surface area contributed by atoms with E-state index in [4.69, 9.17) is 0 Å². The Kier molecular flexibility index (Phi) is 3.83. The van der Waals surface area contributed by atoms with Gasteiger partial charge in [-0.05, 0) is 37.3 Å². The molecule has 2 rings (SSSR count). The van der Waals surface area contributed by atoms with E-state index in [2.05, 4.69) is 0 Å². The van der Waals surface area contributed by atoms with Crippen LogP contribution in [0.1, 0.15) is 30.9 Å². The van der Waals surface area contributed by atoms with Crippen molar-refractivity contribution in [3.63, 3.8) is 0 Å². The number of phenolic OH excluding ortho intramolecular Hbond substituents is 2. The van der Waals surface area contributed by atoms with Crippen molar-refractivity contribution in [2.24, 2.45) is 0 Å². The molecule has 0 aliphatic heterocycles. The molecule has 5 nitrogen and oxygen atoms in total. The SMILES string of the molecule is CCCN(C(=O)O)C1CCc2c(ccc(O)c2O)C1. The van der Waals surface area contributed by atoms with Crippen LogP contribution in [0.25, 0.3) is 0 Å². The van der Waals surface area contributed by atoms with Crippen LogP contribution in [0.5, 0.6) is 11.5 Å². The average Bonchev–Trinajstić information content (AvgIpc) is 2.39. The van der Waals surface area contributed by atoms with E-state index in [1.54, 1.807) is 6.07 Å². The molecule has 0 radical (unpaired) electrons. The third-order valence-corrected chi connectivity index (χ3v) is 3.69. The number of amides is 1. The molecular weight excluding hydrogens is 246 g/mol. The number of aromatic hydroxyl groups is 2. The zero-order valence-electron chi connectivity index (χ0n) is 11.0. The molecule has 1 aliphatic carbocycles. The first kappa shape index (κ1) is 13.5. The van der Waals surface area contributed by atoms with Gasteiger partial charge >= 0.3 is 6.09 Å². The Morgan fingerprint density at radius 2 is 2.16 bits per heavy atom. The van der Waals surface area contributed by atoms with Gasteiger partial charge in [0.15, 0.2) is 11.5 Å². The van der Waals surface area contributed by atoms with Crippen LogP contribution in [0.15, 0.2) is 12.1 Å². The highest BCUT2D eigenvalue weighted by atomic mass is 16.4. The maximum atomic E-state index is 11.3. The summed E-state index contributed by atoms with van der Waals surface area (Å²) < 4.78 is 0. The molecule has 0 saturated carbocycles. The van der Waals surface area contributed by atoms with Crippen LogP contribution < -0.4 is 0 Å². The zero-order chi connectivity index (χ0) is 14.0. The largest absolute Gasteiger partial charge is 0.504 e. The van der Waals surface area contributed by atoms with Gasteiger partial charge in [0.2, 0.25) is 0 Å². The van der Waals surface area contributed by atoms with Gasteiger partial charge in [-0.25, -0.2) is 4.79 Å². The Bertz CT molecular complexity index is 487. The minimum absolute atomic E-state index is 0.0473. The lowest BCUT2D eigenvalue weighted by molar-refractivity contribution is 0.119. The van der Waals surface area contributed by atoms with Crippen LogP contribution in [0.2, 0.25) is 0 Å². The molecule has 1 unspecified atom stereocenters. The zero-order valence-corrected chi connectivity index (χ0v) is 11.0. The Labute approximate surface area is 112 Å². The number of hydrogen-bond acceptors (Lipinski definition) is 3. The minimum Gasteiger partial charge on any atom is -0.504 e. The van der Waals surface area contributed by atoms with Crippen LogP contribution in [0.4, 0.5) is 4.79 Å². The molecule has 1 aromatic carbocycles. The predicted molar refractivity (Wildman–Crippen MR) is 70.6 cm³/mol. The number of fused-ring (bicyclic) bond motifs is 1. The number of carbonyl (C=O) groups is 1. The summed E-state index contributed by atoms with van der Waals surface area (Å²) in [4.78, 5) is 12.7. The molecule has 1 amide bonds. The Balaban J connectivity index is 2.22. The van der Waals surface area contributed by atoms with Gasteiger partial charge in [0.05, 0.1) is 0 Å². The average molecular weight is 265 g/mol. The second-order valence-corrected chi connectivity index (χ2v) is 4.94. The first-order valence-electron chi connectivity index (χ1n) is 6.56. The minimum atomic E-state index is -0.890. The molecule has 0 bridgehead atoms. The summed E-state index contributed by atoms with van der Waals surface area (Å²) in [5.74, 6) is -0.172. The number of carboxylic acid groups (broad SMARTS) is 1. The first-order chi connectivity index (χ1) is 9.04. The maximum Gasteiger partial charge on any atom is 0.407 e. The van der Waals surface area contributed by atoms with Crippen LogP contribution in [0.3, 0.4) is 0 Å². The van der Waals surface area contributed by atoms with Crippen molar-refractivity contribution in [1.29, 1.82) is 0 Å². The number of rotatable bonds is 3. The lowest BCUT2D eigenvalue weighted by atomic mass is 9.86. The van der Waals surface area contributed by atoms with Gasteiger partial charge < -0.3 is 20.2 Å². The van der Waals surface area contributed by atoms with Crippen LogP contribution >= 0.6 is 0 Å². The van der Waals surface area contributed by atoms with Gasteiger partial charge in [-0.3, -0.25) is 0 Å². The van der Waals surface area contributed by atoms with Gasteiger partial charge in [-0.15, -0.1) is 0 Å². The molecule has 0 aromatic heterocycles. The van der Waals surface area contributed by atoms with Crippen molar-refractivity contribution in [3.05, 3.63) is 23.3 Å². The highest BCUT2D eigenvalue weighted by Crippen LogP contribution is 2.36. The highest BCUT2D eigenvalue weighted by molar-refractivity contribution is 5.65. The summed E-state index contributed by atoms with van der Waals surface area (Å²) in [6.45, 7) is 2.48. The maximum absolute atomic E-state index is 11.3. The number of hydrogen-bond donors (Lipinski definition) is 3. The molecule has 5 heteroatoms. The van der Waals surface area contributed by atoms with E-state index in [0.29, 0.717) is 25.8 Å². The molecule has 1 atom stereocenters. The predicted octanol–water partition coefficient (Wildman–Crippen LogP) is 2.35. The van der Waals surface area contributed by atoms with E-state index in [0.717, 1.165) is 17.5 Å². The lowest BCUT2D eigenvalue weighted by Crippen LogP contribution is -2.43. The molecule has 1 aliphatic rings. The number of phenols is 2. The second-order valence-electron chi connectivity index (χ2n) is 4.94. The molecule has 0 spiro atoms. The van der Waals surface area contributed by atoms with Crippen LogP contribution in [0, 0.1) is 0 Å². The van der Waals surface area contributed by atoms with Gasteiger partial charge in [-0.2, -0.15) is 0 Å². The van der Waals surface area contributed by atoms with Crippen LogP contribution in [-0.4, -0.2) is 38.9 Å². The van der Waals surface area contributed by atoms with Crippen molar-refractivity contribution in [2.45, 2.75) is 38.6 Å². The monoisotopic (exact) mass is 265 g/mol. The summed E-state index contributed by atoms with van der Waals surface area (Å²) in [6, 6.07) is 3.18. The third-order valence-electron chi connectivity index (χ3n) is 3.69. The van der Waals surface area contributed by atoms with E-state index in [1.807, 2.05) is 6.92 Å². The van der Waals surface area contributed by atoms with Crippen LogP contribution in [-0.2, 0) is 12.8 Å². The van der Waals surface area contributed by atoms with E-state index in [1.165, 1.54) is 11.0 Å². The molecule has 1 aromatic rings. The topological polar surface area (TPSA) is 81.0 Å². The molecule has 3 N–H and O–H groups in total.